The molecule has 6 heteroatoms. The molecular weight excluding hydrogens is 258 g/mol. The Bertz CT molecular complexity index is 567. The van der Waals surface area contributed by atoms with Crippen LogP contribution in [0.5, 0.6) is 5.88 Å². The summed E-state index contributed by atoms with van der Waals surface area (Å²) < 4.78 is 15.9. The Labute approximate surface area is 117 Å². The first-order valence-electron chi connectivity index (χ1n) is 6.69. The molecule has 0 radical (unpaired) electrons. The molecule has 1 aliphatic heterocycles. The monoisotopic (exact) mass is 275 g/mol. The fourth-order valence-electron chi connectivity index (χ4n) is 2.38. The van der Waals surface area contributed by atoms with Crippen LogP contribution in [0.1, 0.15) is 25.2 Å². The molecule has 1 aliphatic rings. The van der Waals surface area contributed by atoms with Crippen molar-refractivity contribution in [1.29, 1.82) is 0 Å². The van der Waals surface area contributed by atoms with Gasteiger partial charge in [-0.05, 0) is 18.4 Å². The number of rotatable bonds is 3. The highest BCUT2D eigenvalue weighted by Crippen LogP contribution is 2.31. The quantitative estimate of drug-likeness (QED) is 0.855. The third-order valence-electron chi connectivity index (χ3n) is 3.60. The zero-order valence-electron chi connectivity index (χ0n) is 11.6. The van der Waals surface area contributed by atoms with E-state index in [1.807, 2.05) is 6.07 Å². The molecule has 3 heterocycles. The highest BCUT2D eigenvalue weighted by molar-refractivity contribution is 5.53. The first-order valence-corrected chi connectivity index (χ1v) is 6.69. The second-order valence-electron chi connectivity index (χ2n) is 4.99. The van der Waals surface area contributed by atoms with E-state index in [0.717, 1.165) is 25.2 Å². The SMILES string of the molecule is COc1ccc(-c2noc([C@@H]3CCOC[C@H]3C)n2)cn1. The molecule has 6 nitrogen and oxygen atoms in total. The molecule has 0 aromatic carbocycles. The smallest absolute Gasteiger partial charge is 0.230 e. The van der Waals surface area contributed by atoms with E-state index < -0.39 is 0 Å². The van der Waals surface area contributed by atoms with Crippen molar-refractivity contribution in [2.24, 2.45) is 5.92 Å². The third kappa shape index (κ3) is 2.51. The van der Waals surface area contributed by atoms with Crippen molar-refractivity contribution in [3.63, 3.8) is 0 Å². The third-order valence-corrected chi connectivity index (χ3v) is 3.60. The van der Waals surface area contributed by atoms with Gasteiger partial charge in [0.15, 0.2) is 0 Å². The lowest BCUT2D eigenvalue weighted by Gasteiger charge is -2.25. The summed E-state index contributed by atoms with van der Waals surface area (Å²) in [6, 6.07) is 3.65. The van der Waals surface area contributed by atoms with Gasteiger partial charge in [0, 0.05) is 37.0 Å². The largest absolute Gasteiger partial charge is 0.481 e. The van der Waals surface area contributed by atoms with E-state index in [-0.39, 0.29) is 5.92 Å². The molecule has 0 spiro atoms. The Morgan fingerprint density at radius 2 is 2.25 bits per heavy atom. The van der Waals surface area contributed by atoms with Gasteiger partial charge in [-0.25, -0.2) is 4.98 Å². The average molecular weight is 275 g/mol. The van der Waals surface area contributed by atoms with Crippen molar-refractivity contribution in [3.05, 3.63) is 24.2 Å². The Hall–Kier alpha value is -1.95. The van der Waals surface area contributed by atoms with Crippen LogP contribution < -0.4 is 4.74 Å². The van der Waals surface area contributed by atoms with Gasteiger partial charge in [0.25, 0.3) is 0 Å². The summed E-state index contributed by atoms with van der Waals surface area (Å²) in [5.74, 6) is 2.48. The molecule has 1 saturated heterocycles. The lowest BCUT2D eigenvalue weighted by molar-refractivity contribution is 0.0392. The molecule has 0 amide bonds. The summed E-state index contributed by atoms with van der Waals surface area (Å²) in [7, 11) is 1.58. The van der Waals surface area contributed by atoms with Crippen LogP contribution in [-0.4, -0.2) is 35.4 Å². The molecule has 0 aliphatic carbocycles. The van der Waals surface area contributed by atoms with Crippen molar-refractivity contribution >= 4 is 0 Å². The summed E-state index contributed by atoms with van der Waals surface area (Å²) >= 11 is 0. The number of pyridine rings is 1. The zero-order valence-corrected chi connectivity index (χ0v) is 11.6. The Balaban J connectivity index is 1.81. The van der Waals surface area contributed by atoms with Gasteiger partial charge in [-0.1, -0.05) is 12.1 Å². The van der Waals surface area contributed by atoms with E-state index in [9.17, 15) is 0 Å². The molecule has 20 heavy (non-hydrogen) atoms. The Kier molecular flexibility index (Phi) is 3.64. The molecule has 0 bridgehead atoms. The number of methoxy groups -OCH3 is 1. The number of hydrogen-bond donors (Lipinski definition) is 0. The number of hydrogen-bond acceptors (Lipinski definition) is 6. The minimum atomic E-state index is 0.274. The van der Waals surface area contributed by atoms with Crippen molar-refractivity contribution in [2.75, 3.05) is 20.3 Å². The molecule has 106 valence electrons. The minimum Gasteiger partial charge on any atom is -0.481 e. The van der Waals surface area contributed by atoms with Crippen molar-refractivity contribution in [3.8, 4) is 17.3 Å². The van der Waals surface area contributed by atoms with Crippen molar-refractivity contribution in [2.45, 2.75) is 19.3 Å². The van der Waals surface area contributed by atoms with Crippen LogP contribution in [0, 0.1) is 5.92 Å². The van der Waals surface area contributed by atoms with Crippen LogP contribution in [0.4, 0.5) is 0 Å². The molecule has 2 aromatic rings. The maximum atomic E-state index is 5.44. The van der Waals surface area contributed by atoms with E-state index in [4.69, 9.17) is 14.0 Å². The topological polar surface area (TPSA) is 70.3 Å². The maximum absolute atomic E-state index is 5.44. The van der Waals surface area contributed by atoms with Crippen LogP contribution >= 0.6 is 0 Å². The lowest BCUT2D eigenvalue weighted by atomic mass is 9.90. The average Bonchev–Trinajstić information content (AvgIpc) is 2.97. The van der Waals surface area contributed by atoms with Gasteiger partial charge in [0.05, 0.1) is 7.11 Å². The summed E-state index contributed by atoms with van der Waals surface area (Å²) in [6.07, 6.45) is 2.60. The van der Waals surface area contributed by atoms with Crippen LogP contribution in [0.3, 0.4) is 0 Å². The summed E-state index contributed by atoms with van der Waals surface area (Å²) in [5, 5.41) is 4.04. The summed E-state index contributed by atoms with van der Waals surface area (Å²) in [5.41, 5.74) is 0.820. The van der Waals surface area contributed by atoms with E-state index in [1.165, 1.54) is 0 Å². The number of nitrogens with zero attached hydrogens (tertiary/aromatic N) is 3. The van der Waals surface area contributed by atoms with E-state index in [0.29, 0.717) is 23.5 Å². The normalized spacial score (nSPS) is 22.7. The maximum Gasteiger partial charge on any atom is 0.230 e. The van der Waals surface area contributed by atoms with Crippen LogP contribution in [-0.2, 0) is 4.74 Å². The lowest BCUT2D eigenvalue weighted by Crippen LogP contribution is -2.23. The van der Waals surface area contributed by atoms with Gasteiger partial charge in [0.2, 0.25) is 17.6 Å². The molecule has 2 atom stereocenters. The molecular formula is C14H17N3O3. The van der Waals surface area contributed by atoms with Crippen molar-refractivity contribution in [1.82, 2.24) is 15.1 Å². The van der Waals surface area contributed by atoms with Crippen LogP contribution in [0.15, 0.2) is 22.9 Å². The number of ether oxygens (including phenoxy) is 2. The van der Waals surface area contributed by atoms with Crippen LogP contribution in [0.2, 0.25) is 0 Å². The first kappa shape index (κ1) is 13.1. The van der Waals surface area contributed by atoms with E-state index in [1.54, 1.807) is 19.4 Å². The molecule has 0 unspecified atom stereocenters. The first-order chi connectivity index (χ1) is 9.78. The van der Waals surface area contributed by atoms with E-state index in [2.05, 4.69) is 22.0 Å². The number of aromatic nitrogens is 3. The minimum absolute atomic E-state index is 0.274. The Morgan fingerprint density at radius 3 is 2.95 bits per heavy atom. The summed E-state index contributed by atoms with van der Waals surface area (Å²) in [4.78, 5) is 8.64. The fourth-order valence-corrected chi connectivity index (χ4v) is 2.38. The molecule has 3 rings (SSSR count). The van der Waals surface area contributed by atoms with Gasteiger partial charge < -0.3 is 14.0 Å². The van der Waals surface area contributed by atoms with Gasteiger partial charge in [-0.2, -0.15) is 4.98 Å². The molecule has 2 aromatic heterocycles. The van der Waals surface area contributed by atoms with Gasteiger partial charge >= 0.3 is 0 Å². The van der Waals surface area contributed by atoms with Gasteiger partial charge in [-0.3, -0.25) is 0 Å². The zero-order chi connectivity index (χ0) is 13.9. The second-order valence-corrected chi connectivity index (χ2v) is 4.99. The van der Waals surface area contributed by atoms with E-state index >= 15 is 0 Å². The highest BCUT2D eigenvalue weighted by atomic mass is 16.5. The van der Waals surface area contributed by atoms with Gasteiger partial charge in [-0.15, -0.1) is 0 Å². The summed E-state index contributed by atoms with van der Waals surface area (Å²) in [6.45, 7) is 3.63. The molecule has 0 N–H and O–H groups in total. The standard InChI is InChI=1S/C14H17N3O3/c1-9-8-19-6-5-11(9)14-16-13(17-20-14)10-3-4-12(18-2)15-7-10/h3-4,7,9,11H,5-6,8H2,1-2H3/t9-,11-/m1/s1. The molecule has 1 fully saturated rings. The Morgan fingerprint density at radius 1 is 1.35 bits per heavy atom. The predicted molar refractivity (Wildman–Crippen MR) is 71.4 cm³/mol. The van der Waals surface area contributed by atoms with Crippen LogP contribution in [0.25, 0.3) is 11.4 Å². The highest BCUT2D eigenvalue weighted by Gasteiger charge is 2.28. The molecule has 0 saturated carbocycles. The second kappa shape index (κ2) is 5.58. The van der Waals surface area contributed by atoms with Gasteiger partial charge in [0.1, 0.15) is 0 Å². The predicted octanol–water partition coefficient (Wildman–Crippen LogP) is 2.28. The van der Waals surface area contributed by atoms with Crippen molar-refractivity contribution < 1.29 is 14.0 Å². The fraction of sp³-hybridized carbons (Fsp3) is 0.500.